The Morgan fingerprint density at radius 3 is 2.22 bits per heavy atom. The predicted octanol–water partition coefficient (Wildman–Crippen LogP) is 2.96. The van der Waals surface area contributed by atoms with Crippen LogP contribution in [0.1, 0.15) is 87.1 Å². The second-order valence-electron chi connectivity index (χ2n) is 19.6. The van der Waals surface area contributed by atoms with Crippen LogP contribution in [0.25, 0.3) is 0 Å². The number of ether oxygens (including phenoxy) is 6. The lowest BCUT2D eigenvalue weighted by Gasteiger charge is -2.48. The maximum Gasteiger partial charge on any atom is 0.312 e. The normalized spacial score (nSPS) is 42.3. The summed E-state index contributed by atoms with van der Waals surface area (Å²) in [7, 11) is 5.27. The van der Waals surface area contributed by atoms with Crippen LogP contribution in [0.15, 0.2) is 30.3 Å². The summed E-state index contributed by atoms with van der Waals surface area (Å²) in [5, 5.41) is 66.5. The molecule has 1 aromatic rings. The molecule has 16 nitrogen and oxygen atoms in total. The SMILES string of the molecule is CO[C@]1(C)C[C@H](O[C@H]2[C@H](C)[C@@H](O[C@@H]3O[C@H](C)C[C@H](N(C)C)[C@H]3O)[C@](C)(O)C[C@@H](C)CN(CCNC(=S)NCCc3ccccc3)[C@H](C)[C@@H](O)[C@](C)(O)[C@@H](I)OC(=O)[C@@H]2C)O[C@@H](C)[C@@H]1O. The lowest BCUT2D eigenvalue weighted by molar-refractivity contribution is -0.317. The summed E-state index contributed by atoms with van der Waals surface area (Å²) in [4.78, 5) is 18.3. The molecule has 18 atom stereocenters. The molecule has 3 fully saturated rings. The number of thiocarbonyl (C=S) groups is 1. The van der Waals surface area contributed by atoms with Crippen LogP contribution in [0.2, 0.25) is 0 Å². The van der Waals surface area contributed by atoms with Gasteiger partial charge in [0.05, 0.1) is 41.5 Å². The van der Waals surface area contributed by atoms with Gasteiger partial charge in [-0.25, -0.2) is 0 Å². The minimum absolute atomic E-state index is 0.109. The van der Waals surface area contributed by atoms with Gasteiger partial charge in [-0.2, -0.15) is 0 Å². The fourth-order valence-corrected chi connectivity index (χ4v) is 10.5. The second kappa shape index (κ2) is 23.8. The van der Waals surface area contributed by atoms with E-state index in [1.807, 2.05) is 92.4 Å². The molecule has 64 heavy (non-hydrogen) atoms. The number of hydrogen-bond donors (Lipinski definition) is 7. The maximum absolute atomic E-state index is 14.4. The number of carbonyl (C=O) groups is 1. The Morgan fingerprint density at radius 2 is 1.59 bits per heavy atom. The third kappa shape index (κ3) is 14.1. The van der Waals surface area contributed by atoms with Crippen LogP contribution in [-0.2, 0) is 39.6 Å². The summed E-state index contributed by atoms with van der Waals surface area (Å²) < 4.78 is 36.6. The highest BCUT2D eigenvalue weighted by atomic mass is 127. The van der Waals surface area contributed by atoms with Crippen molar-refractivity contribution in [3.63, 3.8) is 0 Å². The zero-order chi connectivity index (χ0) is 47.9. The van der Waals surface area contributed by atoms with E-state index in [-0.39, 0.29) is 30.9 Å². The molecule has 368 valence electrons. The van der Waals surface area contributed by atoms with E-state index in [1.165, 1.54) is 19.6 Å². The van der Waals surface area contributed by atoms with Crippen LogP contribution in [0.3, 0.4) is 0 Å². The first-order valence-corrected chi connectivity index (χ1v) is 24.4. The molecule has 3 aliphatic rings. The van der Waals surface area contributed by atoms with Crippen molar-refractivity contribution in [2.75, 3.05) is 47.4 Å². The van der Waals surface area contributed by atoms with E-state index in [1.54, 1.807) is 27.7 Å². The summed E-state index contributed by atoms with van der Waals surface area (Å²) in [6, 6.07) is 9.15. The van der Waals surface area contributed by atoms with Crippen molar-refractivity contribution in [1.29, 1.82) is 0 Å². The average Bonchev–Trinajstić information content (AvgIpc) is 3.22. The van der Waals surface area contributed by atoms with Crippen LogP contribution >= 0.6 is 34.8 Å². The predicted molar refractivity (Wildman–Crippen MR) is 256 cm³/mol. The monoisotopic (exact) mass is 1040 g/mol. The van der Waals surface area contributed by atoms with Crippen molar-refractivity contribution in [1.82, 2.24) is 20.4 Å². The number of cyclic esters (lactones) is 1. The third-order valence-electron chi connectivity index (χ3n) is 13.7. The number of nitrogens with one attached hydrogen (secondary N) is 2. The number of hydrogen-bond acceptors (Lipinski definition) is 15. The van der Waals surface area contributed by atoms with Gasteiger partial charge in [-0.15, -0.1) is 0 Å². The molecule has 0 bridgehead atoms. The van der Waals surface area contributed by atoms with Crippen LogP contribution in [0, 0.1) is 17.8 Å². The summed E-state index contributed by atoms with van der Waals surface area (Å²) in [6.07, 6.45) is -7.07. The number of likely N-dealkylation sites (N-methyl/N-ethyl adjacent to an activating group) is 1. The standard InChI is InChI=1S/C46H79IN4O12S/c1-26-23-44(7,56)39(62-41-35(52)33(50(10)11)22-27(2)59-41)28(3)36(61-34-24-45(8,58-12)38(54)31(6)60-34)29(4)40(55)63-42(47)46(9,57)37(53)30(5)51(25-26)21-20-49-43(64)48-19-18-32-16-14-13-15-17-32/h13-17,26-31,33-39,41-42,52-54,56-57H,18-25H2,1-12H3,(H2,48,49,64)/t26-,27-,28+,29-,30-,31+,33+,34+,35-,36+,37-,38+,39-,41+,42+,44-,45-,46+/m1/s1. The highest BCUT2D eigenvalue weighted by molar-refractivity contribution is 14.1. The largest absolute Gasteiger partial charge is 0.448 e. The fourth-order valence-electron chi connectivity index (χ4n) is 9.65. The minimum atomic E-state index is -1.91. The highest BCUT2D eigenvalue weighted by Crippen LogP contribution is 2.40. The number of esters is 1. The Bertz CT molecular complexity index is 1620. The molecule has 0 aliphatic carbocycles. The van der Waals surface area contributed by atoms with Crippen molar-refractivity contribution < 1.29 is 58.7 Å². The van der Waals surface area contributed by atoms with E-state index in [9.17, 15) is 30.3 Å². The molecule has 18 heteroatoms. The van der Waals surface area contributed by atoms with Crippen LogP contribution < -0.4 is 10.6 Å². The summed E-state index contributed by atoms with van der Waals surface area (Å²) in [6.45, 7) is 17.6. The maximum atomic E-state index is 14.4. The Labute approximate surface area is 400 Å². The molecule has 1 aromatic carbocycles. The molecule has 0 radical (unpaired) electrons. The molecule has 3 heterocycles. The highest BCUT2D eigenvalue weighted by Gasteiger charge is 2.52. The van der Waals surface area contributed by atoms with Crippen molar-refractivity contribution in [3.05, 3.63) is 35.9 Å². The lowest BCUT2D eigenvalue weighted by atomic mass is 9.77. The molecular formula is C46H79IN4O12S. The summed E-state index contributed by atoms with van der Waals surface area (Å²) in [5.41, 5.74) is -3.40. The van der Waals surface area contributed by atoms with E-state index in [4.69, 9.17) is 40.6 Å². The van der Waals surface area contributed by atoms with Crippen molar-refractivity contribution in [3.8, 4) is 0 Å². The van der Waals surface area contributed by atoms with Crippen molar-refractivity contribution >= 4 is 45.9 Å². The minimum Gasteiger partial charge on any atom is -0.448 e. The molecule has 0 amide bonds. The van der Waals surface area contributed by atoms with Crippen molar-refractivity contribution in [2.24, 2.45) is 17.8 Å². The number of carbonyl (C=O) groups excluding carboxylic acids is 1. The van der Waals surface area contributed by atoms with Gasteiger partial charge in [0.1, 0.15) is 23.9 Å². The Hall–Kier alpha value is -1.37. The summed E-state index contributed by atoms with van der Waals surface area (Å²) >= 11 is 7.44. The van der Waals surface area contributed by atoms with E-state index in [2.05, 4.69) is 22.8 Å². The molecule has 0 aromatic heterocycles. The number of alkyl halides is 1. The number of methoxy groups -OCH3 is 1. The Kier molecular flexibility index (Phi) is 20.5. The first-order chi connectivity index (χ1) is 29.8. The van der Waals surface area contributed by atoms with Crippen LogP contribution in [-0.4, -0.2) is 182 Å². The van der Waals surface area contributed by atoms with Gasteiger partial charge in [-0.05, 0) is 128 Å². The molecule has 7 N–H and O–H groups in total. The first kappa shape index (κ1) is 55.2. The van der Waals surface area contributed by atoms with E-state index in [0.29, 0.717) is 37.7 Å². The second-order valence-corrected chi connectivity index (χ2v) is 21.1. The van der Waals surface area contributed by atoms with Gasteiger partial charge in [0.2, 0.25) is 0 Å². The van der Waals surface area contributed by atoms with Gasteiger partial charge < -0.3 is 69.5 Å². The molecule has 4 rings (SSSR count). The van der Waals surface area contributed by atoms with E-state index in [0.717, 1.165) is 6.42 Å². The number of rotatable bonds is 12. The first-order valence-electron chi connectivity index (χ1n) is 22.8. The zero-order valence-electron chi connectivity index (χ0n) is 40.0. The number of aliphatic hydroxyl groups is 5. The van der Waals surface area contributed by atoms with Gasteiger partial charge in [0, 0.05) is 57.7 Å². The Morgan fingerprint density at radius 1 is 0.953 bits per heavy atom. The molecular weight excluding hydrogens is 959 g/mol. The Balaban J connectivity index is 1.71. The number of nitrogens with zero attached hydrogens (tertiary/aromatic N) is 2. The third-order valence-corrected chi connectivity index (χ3v) is 15.5. The van der Waals surface area contributed by atoms with Crippen molar-refractivity contribution in [2.45, 2.75) is 176 Å². The van der Waals surface area contributed by atoms with Gasteiger partial charge >= 0.3 is 5.97 Å². The molecule has 0 unspecified atom stereocenters. The van der Waals surface area contributed by atoms with Gasteiger partial charge in [-0.1, -0.05) is 44.2 Å². The van der Waals surface area contributed by atoms with Crippen LogP contribution in [0.4, 0.5) is 0 Å². The average molecular weight is 1040 g/mol. The number of aliphatic hydroxyl groups excluding tert-OH is 3. The van der Waals surface area contributed by atoms with Gasteiger partial charge in [0.25, 0.3) is 0 Å². The lowest BCUT2D eigenvalue weighted by Crippen LogP contribution is -2.60. The van der Waals surface area contributed by atoms with E-state index < -0.39 is 94.0 Å². The topological polar surface area (TPSA) is 204 Å². The molecule has 3 saturated heterocycles. The fraction of sp³-hybridized carbons (Fsp3) is 0.826. The van der Waals surface area contributed by atoms with Gasteiger partial charge in [0.15, 0.2) is 21.8 Å². The smallest absolute Gasteiger partial charge is 0.312 e. The molecule has 0 saturated carbocycles. The molecule has 3 aliphatic heterocycles. The van der Waals surface area contributed by atoms with Crippen LogP contribution in [0.5, 0.6) is 0 Å². The molecule has 0 spiro atoms. The van der Waals surface area contributed by atoms with E-state index >= 15 is 0 Å². The number of halogens is 1. The van der Waals surface area contributed by atoms with Gasteiger partial charge in [-0.3, -0.25) is 9.69 Å². The quantitative estimate of drug-likeness (QED) is 0.0697. The zero-order valence-corrected chi connectivity index (χ0v) is 43.0. The summed E-state index contributed by atoms with van der Waals surface area (Å²) in [5.74, 6) is -2.83. The number of benzene rings is 1.